The fourth-order valence-corrected chi connectivity index (χ4v) is 3.54. The smallest absolute Gasteiger partial charge is 0.319 e. The minimum absolute atomic E-state index is 0.0116. The van der Waals surface area contributed by atoms with Gasteiger partial charge in [-0.25, -0.2) is 18.6 Å². The largest absolute Gasteiger partial charge is 0.471 e. The number of rotatable bonds is 8. The molecule has 186 valence electrons. The highest BCUT2D eigenvalue weighted by atomic mass is 35.5. The molecule has 13 heteroatoms. The fourth-order valence-electron chi connectivity index (χ4n) is 3.34. The number of halogens is 3. The van der Waals surface area contributed by atoms with Gasteiger partial charge in [-0.1, -0.05) is 11.6 Å². The number of aromatic nitrogens is 3. The van der Waals surface area contributed by atoms with Gasteiger partial charge in [0.1, 0.15) is 5.15 Å². The van der Waals surface area contributed by atoms with Gasteiger partial charge in [-0.15, -0.1) is 5.10 Å². The van der Waals surface area contributed by atoms with E-state index in [1.165, 1.54) is 12.1 Å². The zero-order valence-electron chi connectivity index (χ0n) is 19.1. The molecular weight excluding hydrogens is 472 g/mol. The van der Waals surface area contributed by atoms with Gasteiger partial charge in [0.05, 0.1) is 30.6 Å². The van der Waals surface area contributed by atoms with Crippen LogP contribution in [0.2, 0.25) is 5.15 Å². The number of alkyl halides is 2. The number of anilines is 2. The number of nitrogens with two attached hydrogens (primary N) is 1. The van der Waals surface area contributed by atoms with Gasteiger partial charge >= 0.3 is 6.03 Å². The van der Waals surface area contributed by atoms with E-state index in [-0.39, 0.29) is 29.4 Å². The first-order chi connectivity index (χ1) is 16.0. The number of nitrogens with one attached hydrogen (secondary N) is 2. The summed E-state index contributed by atoms with van der Waals surface area (Å²) in [7, 11) is 0. The van der Waals surface area contributed by atoms with Gasteiger partial charge in [0, 0.05) is 24.7 Å². The minimum atomic E-state index is -2.66. The Kier molecular flexibility index (Phi) is 8.39. The van der Waals surface area contributed by atoms with Crippen LogP contribution < -0.4 is 26.0 Å². The Morgan fingerprint density at radius 2 is 2.15 bits per heavy atom. The molecule has 1 fully saturated rings. The zero-order valence-corrected chi connectivity index (χ0v) is 19.9. The summed E-state index contributed by atoms with van der Waals surface area (Å²) < 4.78 is 35.3. The molecule has 10 nitrogen and oxygen atoms in total. The van der Waals surface area contributed by atoms with E-state index in [0.29, 0.717) is 25.4 Å². The molecule has 1 atom stereocenters. The maximum atomic E-state index is 12.3. The number of nitrogens with zero attached hydrogens (tertiary/aromatic N) is 4. The summed E-state index contributed by atoms with van der Waals surface area (Å²) in [6.45, 7) is 6.90. The molecule has 2 amide bonds. The molecule has 34 heavy (non-hydrogen) atoms. The first-order valence-corrected chi connectivity index (χ1v) is 11.0. The van der Waals surface area contributed by atoms with Gasteiger partial charge in [-0.3, -0.25) is 0 Å². The van der Waals surface area contributed by atoms with Gasteiger partial charge < -0.3 is 30.7 Å². The zero-order chi connectivity index (χ0) is 24.9. The van der Waals surface area contributed by atoms with Crippen LogP contribution in [-0.2, 0) is 11.3 Å². The summed E-state index contributed by atoms with van der Waals surface area (Å²) in [6.07, 6.45) is -2.79. The number of ether oxygens (including phenoxy) is 2. The van der Waals surface area contributed by atoms with Crippen molar-refractivity contribution in [3.8, 4) is 5.88 Å². The van der Waals surface area contributed by atoms with Crippen molar-refractivity contribution in [3.05, 3.63) is 34.6 Å². The minimum Gasteiger partial charge on any atom is -0.471 e. The number of amides is 2. The lowest BCUT2D eigenvalue weighted by atomic mass is 9.97. The number of carbonyl (C=O) groups excluding carboxylic acids is 1. The quantitative estimate of drug-likeness (QED) is 0.473. The third-order valence-electron chi connectivity index (χ3n) is 5.02. The van der Waals surface area contributed by atoms with Crippen molar-refractivity contribution in [2.45, 2.75) is 45.4 Å². The lowest BCUT2D eigenvalue weighted by molar-refractivity contribution is -0.000510. The summed E-state index contributed by atoms with van der Waals surface area (Å²) in [5.41, 5.74) is 7.43. The Hall–Kier alpha value is -2.83. The lowest BCUT2D eigenvalue weighted by Crippen LogP contribution is -2.56. The van der Waals surface area contributed by atoms with E-state index in [1.807, 2.05) is 26.8 Å². The lowest BCUT2D eigenvalue weighted by Gasteiger charge is -2.40. The molecule has 1 unspecified atom stereocenters. The second-order valence-corrected chi connectivity index (χ2v) is 8.88. The Morgan fingerprint density at radius 1 is 1.38 bits per heavy atom. The highest BCUT2D eigenvalue weighted by Crippen LogP contribution is 2.23. The standard InChI is InChI=1S/C21H28ClF2N7O3/c1-12-6-14(29-30-19(12)31-4-5-33-15(10-31)21(2,3)25)9-26-20(32)27-13-7-16(22)28-18(8-13)34-11-17(23)24/h6-8,15,17H,4-5,9-11,25H2,1-3H3,(H2,26,27,28,32). The molecule has 2 aromatic rings. The number of pyridine rings is 1. The van der Waals surface area contributed by atoms with Crippen molar-refractivity contribution in [2.75, 3.05) is 36.5 Å². The molecule has 0 radical (unpaired) electrons. The summed E-state index contributed by atoms with van der Waals surface area (Å²) >= 11 is 5.86. The summed E-state index contributed by atoms with van der Waals surface area (Å²) in [4.78, 5) is 18.2. The molecule has 1 aliphatic heterocycles. The van der Waals surface area contributed by atoms with Crippen LogP contribution >= 0.6 is 11.6 Å². The van der Waals surface area contributed by atoms with Crippen molar-refractivity contribution < 1.29 is 23.0 Å². The van der Waals surface area contributed by atoms with Gasteiger partial charge in [0.25, 0.3) is 6.43 Å². The third-order valence-corrected chi connectivity index (χ3v) is 5.21. The van der Waals surface area contributed by atoms with Crippen LogP contribution in [-0.4, -0.2) is 65.6 Å². The Morgan fingerprint density at radius 3 is 2.82 bits per heavy atom. The predicted octanol–water partition coefficient (Wildman–Crippen LogP) is 2.74. The average Bonchev–Trinajstić information content (AvgIpc) is 2.75. The Balaban J connectivity index is 1.57. The molecule has 4 N–H and O–H groups in total. The monoisotopic (exact) mass is 499 g/mol. The van der Waals surface area contributed by atoms with Crippen molar-refractivity contribution >= 4 is 29.1 Å². The first kappa shape index (κ1) is 25.8. The third kappa shape index (κ3) is 7.34. The normalized spacial score (nSPS) is 16.5. The van der Waals surface area contributed by atoms with Crippen molar-refractivity contribution in [3.63, 3.8) is 0 Å². The molecule has 1 saturated heterocycles. The van der Waals surface area contributed by atoms with E-state index in [2.05, 4.69) is 30.7 Å². The van der Waals surface area contributed by atoms with E-state index in [4.69, 9.17) is 26.8 Å². The number of urea groups is 1. The van der Waals surface area contributed by atoms with E-state index < -0.39 is 24.6 Å². The van der Waals surface area contributed by atoms with E-state index in [0.717, 1.165) is 11.4 Å². The van der Waals surface area contributed by atoms with Crippen LogP contribution in [0, 0.1) is 6.92 Å². The number of morpholine rings is 1. The van der Waals surface area contributed by atoms with Crippen molar-refractivity contribution in [1.82, 2.24) is 20.5 Å². The van der Waals surface area contributed by atoms with Crippen LogP contribution in [0.15, 0.2) is 18.2 Å². The van der Waals surface area contributed by atoms with Gasteiger partial charge in [0.15, 0.2) is 12.4 Å². The molecule has 0 aliphatic carbocycles. The van der Waals surface area contributed by atoms with Crippen LogP contribution in [0.4, 0.5) is 25.1 Å². The second-order valence-electron chi connectivity index (χ2n) is 8.50. The van der Waals surface area contributed by atoms with Crippen LogP contribution in [0.1, 0.15) is 25.1 Å². The van der Waals surface area contributed by atoms with Gasteiger partial charge in [-0.05, 0) is 38.5 Å². The van der Waals surface area contributed by atoms with E-state index >= 15 is 0 Å². The molecule has 0 saturated carbocycles. The van der Waals surface area contributed by atoms with E-state index in [9.17, 15) is 13.6 Å². The predicted molar refractivity (Wildman–Crippen MR) is 124 cm³/mol. The maximum Gasteiger partial charge on any atom is 0.319 e. The molecule has 0 bridgehead atoms. The van der Waals surface area contributed by atoms with Crippen LogP contribution in [0.3, 0.4) is 0 Å². The molecule has 0 aromatic carbocycles. The van der Waals surface area contributed by atoms with Crippen LogP contribution in [0.25, 0.3) is 0 Å². The van der Waals surface area contributed by atoms with E-state index in [1.54, 1.807) is 0 Å². The Labute approximate surface area is 201 Å². The molecule has 1 aliphatic rings. The SMILES string of the molecule is Cc1cc(CNC(=O)Nc2cc(Cl)nc(OCC(F)F)c2)nnc1N1CCOC(C(C)(C)N)C1. The highest BCUT2D eigenvalue weighted by Gasteiger charge is 2.32. The first-order valence-electron chi connectivity index (χ1n) is 10.6. The fraction of sp³-hybridized carbons (Fsp3) is 0.524. The molecule has 2 aromatic heterocycles. The summed E-state index contributed by atoms with van der Waals surface area (Å²) in [6, 6.07) is 3.96. The molecule has 0 spiro atoms. The van der Waals surface area contributed by atoms with Gasteiger partial charge in [-0.2, -0.15) is 5.10 Å². The molecule has 3 rings (SSSR count). The topological polar surface area (TPSA) is 128 Å². The molecular formula is C21H28ClF2N7O3. The van der Waals surface area contributed by atoms with Crippen molar-refractivity contribution in [1.29, 1.82) is 0 Å². The van der Waals surface area contributed by atoms with Crippen LogP contribution in [0.5, 0.6) is 5.88 Å². The number of carbonyl (C=O) groups is 1. The second kappa shape index (κ2) is 11.1. The summed E-state index contributed by atoms with van der Waals surface area (Å²) in [5.74, 6) is 0.622. The average molecular weight is 500 g/mol. The number of hydrogen-bond acceptors (Lipinski definition) is 8. The number of hydrogen-bond donors (Lipinski definition) is 3. The molecule has 3 heterocycles. The number of aryl methyl sites for hydroxylation is 1. The Bertz CT molecular complexity index is 1010. The maximum absolute atomic E-state index is 12.3. The highest BCUT2D eigenvalue weighted by molar-refractivity contribution is 6.29. The summed E-state index contributed by atoms with van der Waals surface area (Å²) in [5, 5.41) is 13.8. The van der Waals surface area contributed by atoms with Crippen molar-refractivity contribution in [2.24, 2.45) is 5.73 Å². The van der Waals surface area contributed by atoms with Gasteiger partial charge in [0.2, 0.25) is 5.88 Å².